The molecule has 0 bridgehead atoms. The highest BCUT2D eigenvalue weighted by Gasteiger charge is 2.16. The Kier molecular flexibility index (Phi) is 6.09. The van der Waals surface area contributed by atoms with Crippen molar-refractivity contribution in [3.05, 3.63) is 53.1 Å². The molecule has 0 saturated carbocycles. The number of hydrogen-bond donors (Lipinski definition) is 1. The van der Waals surface area contributed by atoms with Crippen LogP contribution in [0.1, 0.15) is 29.9 Å². The minimum atomic E-state index is -0.453. The van der Waals surface area contributed by atoms with Crippen LogP contribution in [0.15, 0.2) is 36.2 Å². The number of nitrogens with zero attached hydrogens (tertiary/aromatic N) is 3. The summed E-state index contributed by atoms with van der Waals surface area (Å²) < 4.78 is 7.37. The Bertz CT molecular complexity index is 816. The largest absolute Gasteiger partial charge is 0.383 e. The molecule has 0 spiro atoms. The van der Waals surface area contributed by atoms with Crippen LogP contribution in [0.5, 0.6) is 0 Å². The van der Waals surface area contributed by atoms with E-state index < -0.39 is 5.91 Å². The zero-order chi connectivity index (χ0) is 18.4. The summed E-state index contributed by atoms with van der Waals surface area (Å²) in [5, 5.41) is 12.1. The fraction of sp³-hybridized carbons (Fsp3) is 0.316. The van der Waals surface area contributed by atoms with E-state index in [0.29, 0.717) is 12.3 Å². The van der Waals surface area contributed by atoms with Crippen molar-refractivity contribution in [2.45, 2.75) is 26.8 Å². The zero-order valence-corrected chi connectivity index (χ0v) is 14.9. The van der Waals surface area contributed by atoms with Gasteiger partial charge in [0.05, 0.1) is 24.5 Å². The molecule has 6 heteroatoms. The van der Waals surface area contributed by atoms with E-state index in [0.717, 1.165) is 17.0 Å². The summed E-state index contributed by atoms with van der Waals surface area (Å²) in [5.41, 5.74) is 3.48. The smallest absolute Gasteiger partial charge is 0.266 e. The SMILES string of the molecule is COCC(C)n1c(C)cc(/C=C(\C#N)C(=O)Nc2cccnc2)c1C. The normalized spacial score (nSPS) is 12.5. The lowest BCUT2D eigenvalue weighted by atomic mass is 10.1. The first-order chi connectivity index (χ1) is 12.0. The average molecular weight is 338 g/mol. The molecule has 6 nitrogen and oxygen atoms in total. The number of aryl methyl sites for hydroxylation is 1. The summed E-state index contributed by atoms with van der Waals surface area (Å²) >= 11 is 0. The molecule has 2 aromatic rings. The quantitative estimate of drug-likeness (QED) is 0.647. The van der Waals surface area contributed by atoms with Crippen molar-refractivity contribution >= 4 is 17.7 Å². The lowest BCUT2D eigenvalue weighted by Crippen LogP contribution is -2.14. The highest BCUT2D eigenvalue weighted by molar-refractivity contribution is 6.09. The third-order valence-corrected chi connectivity index (χ3v) is 3.96. The van der Waals surface area contributed by atoms with Gasteiger partial charge in [-0.05, 0) is 50.6 Å². The van der Waals surface area contributed by atoms with Crippen LogP contribution in [-0.2, 0) is 9.53 Å². The third kappa shape index (κ3) is 4.34. The molecule has 1 atom stereocenters. The maximum Gasteiger partial charge on any atom is 0.266 e. The predicted molar refractivity (Wildman–Crippen MR) is 96.9 cm³/mol. The van der Waals surface area contributed by atoms with E-state index >= 15 is 0 Å². The fourth-order valence-corrected chi connectivity index (χ4v) is 2.88. The van der Waals surface area contributed by atoms with Gasteiger partial charge in [-0.25, -0.2) is 0 Å². The number of amides is 1. The average Bonchev–Trinajstić information content (AvgIpc) is 2.87. The molecular formula is C19H22N4O2. The molecule has 2 rings (SSSR count). The van der Waals surface area contributed by atoms with Gasteiger partial charge in [-0.1, -0.05) is 0 Å². The van der Waals surface area contributed by atoms with Crippen LogP contribution in [0, 0.1) is 25.2 Å². The van der Waals surface area contributed by atoms with E-state index in [-0.39, 0.29) is 11.6 Å². The number of pyridine rings is 1. The third-order valence-electron chi connectivity index (χ3n) is 3.96. The van der Waals surface area contributed by atoms with Gasteiger partial charge in [-0.2, -0.15) is 5.26 Å². The number of nitriles is 1. The van der Waals surface area contributed by atoms with Crippen LogP contribution >= 0.6 is 0 Å². The molecule has 25 heavy (non-hydrogen) atoms. The molecule has 2 heterocycles. The van der Waals surface area contributed by atoms with E-state index in [4.69, 9.17) is 4.74 Å². The topological polar surface area (TPSA) is 79.9 Å². The first-order valence-corrected chi connectivity index (χ1v) is 7.98. The van der Waals surface area contributed by atoms with E-state index in [2.05, 4.69) is 21.8 Å². The molecule has 0 aliphatic heterocycles. The van der Waals surface area contributed by atoms with Crippen molar-refractivity contribution in [1.82, 2.24) is 9.55 Å². The van der Waals surface area contributed by atoms with Gasteiger partial charge in [0, 0.05) is 24.7 Å². The number of anilines is 1. The van der Waals surface area contributed by atoms with Crippen molar-refractivity contribution in [3.8, 4) is 6.07 Å². The molecule has 1 unspecified atom stereocenters. The lowest BCUT2D eigenvalue weighted by Gasteiger charge is -2.17. The number of carbonyl (C=O) groups is 1. The second-order valence-corrected chi connectivity index (χ2v) is 5.87. The molecule has 0 aromatic carbocycles. The van der Waals surface area contributed by atoms with Crippen LogP contribution in [0.3, 0.4) is 0 Å². The number of rotatable bonds is 6. The van der Waals surface area contributed by atoms with Gasteiger partial charge in [0.25, 0.3) is 5.91 Å². The molecule has 1 N–H and O–H groups in total. The Morgan fingerprint density at radius 2 is 2.28 bits per heavy atom. The summed E-state index contributed by atoms with van der Waals surface area (Å²) in [7, 11) is 1.67. The second-order valence-electron chi connectivity index (χ2n) is 5.87. The van der Waals surface area contributed by atoms with Crippen molar-refractivity contribution < 1.29 is 9.53 Å². The van der Waals surface area contributed by atoms with Crippen LogP contribution < -0.4 is 5.32 Å². The number of ether oxygens (including phenoxy) is 1. The van der Waals surface area contributed by atoms with Crippen LogP contribution in [-0.4, -0.2) is 29.2 Å². The van der Waals surface area contributed by atoms with E-state index in [9.17, 15) is 10.1 Å². The Morgan fingerprint density at radius 1 is 1.52 bits per heavy atom. The van der Waals surface area contributed by atoms with Gasteiger partial charge < -0.3 is 14.6 Å². The summed E-state index contributed by atoms with van der Waals surface area (Å²) in [5.74, 6) is -0.453. The van der Waals surface area contributed by atoms with Gasteiger partial charge in [0.1, 0.15) is 11.6 Å². The molecule has 130 valence electrons. The van der Waals surface area contributed by atoms with Gasteiger partial charge in [-0.15, -0.1) is 0 Å². The number of aromatic nitrogens is 2. The Morgan fingerprint density at radius 3 is 2.88 bits per heavy atom. The highest BCUT2D eigenvalue weighted by Crippen LogP contribution is 2.23. The predicted octanol–water partition coefficient (Wildman–Crippen LogP) is 3.25. The first kappa shape index (κ1) is 18.4. The van der Waals surface area contributed by atoms with E-state index in [1.165, 1.54) is 6.20 Å². The second kappa shape index (κ2) is 8.27. The fourth-order valence-electron chi connectivity index (χ4n) is 2.88. The maximum absolute atomic E-state index is 12.3. The van der Waals surface area contributed by atoms with Gasteiger partial charge in [0.2, 0.25) is 0 Å². The minimum absolute atomic E-state index is 0.0449. The summed E-state index contributed by atoms with van der Waals surface area (Å²) in [6, 6.07) is 7.55. The Balaban J connectivity index is 2.29. The first-order valence-electron chi connectivity index (χ1n) is 7.98. The molecule has 2 aromatic heterocycles. The van der Waals surface area contributed by atoms with Gasteiger partial charge in [-0.3, -0.25) is 9.78 Å². The molecule has 0 radical (unpaired) electrons. The zero-order valence-electron chi connectivity index (χ0n) is 14.9. The van der Waals surface area contributed by atoms with Crippen molar-refractivity contribution in [1.29, 1.82) is 5.26 Å². The van der Waals surface area contributed by atoms with Crippen LogP contribution in [0.2, 0.25) is 0 Å². The van der Waals surface area contributed by atoms with E-state index in [1.54, 1.807) is 31.5 Å². The Hall–Kier alpha value is -2.91. The summed E-state index contributed by atoms with van der Waals surface area (Å²) in [6.07, 6.45) is 4.77. The maximum atomic E-state index is 12.3. The van der Waals surface area contributed by atoms with Crippen LogP contribution in [0.25, 0.3) is 6.08 Å². The Labute approximate surface area is 147 Å². The number of hydrogen-bond acceptors (Lipinski definition) is 4. The minimum Gasteiger partial charge on any atom is -0.383 e. The summed E-state index contributed by atoms with van der Waals surface area (Å²) in [4.78, 5) is 16.3. The van der Waals surface area contributed by atoms with Crippen molar-refractivity contribution in [2.75, 3.05) is 19.0 Å². The van der Waals surface area contributed by atoms with Crippen LogP contribution in [0.4, 0.5) is 5.69 Å². The monoisotopic (exact) mass is 338 g/mol. The number of carbonyl (C=O) groups excluding carboxylic acids is 1. The molecule has 0 aliphatic carbocycles. The summed E-state index contributed by atoms with van der Waals surface area (Å²) in [6.45, 7) is 6.63. The van der Waals surface area contributed by atoms with Gasteiger partial charge >= 0.3 is 0 Å². The molecular weight excluding hydrogens is 316 g/mol. The molecule has 1 amide bonds. The van der Waals surface area contributed by atoms with Crippen molar-refractivity contribution in [3.63, 3.8) is 0 Å². The van der Waals surface area contributed by atoms with E-state index in [1.807, 2.05) is 26.0 Å². The van der Waals surface area contributed by atoms with Crippen molar-refractivity contribution in [2.24, 2.45) is 0 Å². The number of nitrogens with one attached hydrogen (secondary N) is 1. The number of methoxy groups -OCH3 is 1. The molecule has 0 aliphatic rings. The lowest BCUT2D eigenvalue weighted by molar-refractivity contribution is -0.112. The molecule has 0 saturated heterocycles. The standard InChI is InChI=1S/C19H22N4O2/c1-13-8-16(15(3)23(13)14(2)12-25-4)9-17(10-20)19(24)22-18-6-5-7-21-11-18/h5-9,11,14H,12H2,1-4H3,(H,22,24)/b17-9+. The van der Waals surface area contributed by atoms with Gasteiger partial charge in [0.15, 0.2) is 0 Å². The molecule has 0 fully saturated rings. The highest BCUT2D eigenvalue weighted by atomic mass is 16.5.